The van der Waals surface area contributed by atoms with Gasteiger partial charge in [-0.25, -0.2) is 0 Å². The van der Waals surface area contributed by atoms with Gasteiger partial charge >= 0.3 is 10.1 Å². The molecule has 0 radical (unpaired) electrons. The van der Waals surface area contributed by atoms with Crippen molar-refractivity contribution >= 4 is 31.8 Å². The summed E-state index contributed by atoms with van der Waals surface area (Å²) in [6, 6.07) is 19.5. The minimum atomic E-state index is -3.87. The molecule has 25 heavy (non-hydrogen) atoms. The van der Waals surface area contributed by atoms with Crippen LogP contribution in [0.25, 0.3) is 21.7 Å². The predicted octanol–water partition coefficient (Wildman–Crippen LogP) is 4.46. The maximum atomic E-state index is 12.5. The zero-order chi connectivity index (χ0) is 17.4. The lowest BCUT2D eigenvalue weighted by molar-refractivity contribution is 0.486. The molecule has 0 aliphatic heterocycles. The maximum absolute atomic E-state index is 12.5. The Balaban J connectivity index is 1.79. The second-order valence-corrected chi connectivity index (χ2v) is 7.42. The zero-order valence-electron chi connectivity index (χ0n) is 13.5. The van der Waals surface area contributed by atoms with Crippen molar-refractivity contribution in [3.8, 4) is 5.75 Å². The summed E-state index contributed by atoms with van der Waals surface area (Å²) in [4.78, 5) is 4.54. The highest BCUT2D eigenvalue weighted by atomic mass is 32.2. The molecule has 4 aromatic rings. The molecule has 0 saturated carbocycles. The average molecular weight is 349 g/mol. The van der Waals surface area contributed by atoms with Crippen LogP contribution in [0.3, 0.4) is 0 Å². The average Bonchev–Trinajstić information content (AvgIpc) is 2.61. The first-order valence-corrected chi connectivity index (χ1v) is 9.22. The molecule has 0 aliphatic rings. The first kappa shape index (κ1) is 15.6. The highest BCUT2D eigenvalue weighted by Crippen LogP contribution is 2.28. The van der Waals surface area contributed by atoms with Crippen LogP contribution in [0.1, 0.15) is 5.56 Å². The third-order valence-electron chi connectivity index (χ3n) is 4.08. The lowest BCUT2D eigenvalue weighted by atomic mass is 10.1. The minimum absolute atomic E-state index is 0.134. The molecule has 4 rings (SSSR count). The fraction of sp³-hybridized carbons (Fsp3) is 0.0500. The van der Waals surface area contributed by atoms with E-state index in [2.05, 4.69) is 4.98 Å². The molecule has 3 aromatic carbocycles. The van der Waals surface area contributed by atoms with Gasteiger partial charge < -0.3 is 4.18 Å². The normalized spacial score (nSPS) is 11.7. The van der Waals surface area contributed by atoms with Crippen LogP contribution in [0.15, 0.2) is 77.8 Å². The number of hydrogen-bond acceptors (Lipinski definition) is 4. The Labute approximate surface area is 145 Å². The summed E-state index contributed by atoms with van der Waals surface area (Å²) in [6.45, 7) is 1.90. The maximum Gasteiger partial charge on any atom is 0.339 e. The van der Waals surface area contributed by atoms with Gasteiger partial charge in [-0.1, -0.05) is 42.0 Å². The second-order valence-electron chi connectivity index (χ2n) is 5.87. The van der Waals surface area contributed by atoms with Crippen molar-refractivity contribution < 1.29 is 12.6 Å². The fourth-order valence-electron chi connectivity index (χ4n) is 2.77. The third-order valence-corrected chi connectivity index (χ3v) is 5.34. The van der Waals surface area contributed by atoms with E-state index in [1.165, 1.54) is 0 Å². The van der Waals surface area contributed by atoms with E-state index in [1.54, 1.807) is 48.7 Å². The van der Waals surface area contributed by atoms with Crippen LogP contribution in [0.4, 0.5) is 0 Å². The largest absolute Gasteiger partial charge is 0.379 e. The number of hydrogen-bond donors (Lipinski definition) is 0. The Hall–Kier alpha value is -2.92. The molecule has 0 N–H and O–H groups in total. The number of benzene rings is 3. The van der Waals surface area contributed by atoms with Gasteiger partial charge in [0.25, 0.3) is 0 Å². The van der Waals surface area contributed by atoms with E-state index in [9.17, 15) is 8.42 Å². The van der Waals surface area contributed by atoms with Gasteiger partial charge in [0.15, 0.2) is 0 Å². The van der Waals surface area contributed by atoms with Gasteiger partial charge in [0.1, 0.15) is 10.6 Å². The molecule has 0 spiro atoms. The van der Waals surface area contributed by atoms with E-state index in [0.717, 1.165) is 27.2 Å². The van der Waals surface area contributed by atoms with E-state index in [-0.39, 0.29) is 10.6 Å². The van der Waals surface area contributed by atoms with Crippen molar-refractivity contribution in [2.45, 2.75) is 11.8 Å². The number of aromatic nitrogens is 1. The van der Waals surface area contributed by atoms with Crippen LogP contribution < -0.4 is 4.18 Å². The molecule has 0 fully saturated rings. The van der Waals surface area contributed by atoms with E-state index in [1.807, 2.05) is 31.2 Å². The minimum Gasteiger partial charge on any atom is -0.379 e. The van der Waals surface area contributed by atoms with Crippen molar-refractivity contribution in [2.24, 2.45) is 0 Å². The van der Waals surface area contributed by atoms with E-state index >= 15 is 0 Å². The van der Waals surface area contributed by atoms with Crippen molar-refractivity contribution in [1.29, 1.82) is 0 Å². The molecule has 1 heterocycles. The predicted molar refractivity (Wildman–Crippen MR) is 98.2 cm³/mol. The van der Waals surface area contributed by atoms with Gasteiger partial charge in [0.2, 0.25) is 0 Å². The second kappa shape index (κ2) is 5.86. The Morgan fingerprint density at radius 3 is 2.44 bits per heavy atom. The SMILES string of the molecule is Cc1ccc(S(=O)(=O)Oc2ccc3ncc4ccccc4c3c2)cc1. The van der Waals surface area contributed by atoms with Gasteiger partial charge in [0, 0.05) is 17.0 Å². The van der Waals surface area contributed by atoms with Crippen LogP contribution in [0.5, 0.6) is 5.75 Å². The van der Waals surface area contributed by atoms with Crippen LogP contribution in [0, 0.1) is 6.92 Å². The standard InChI is InChI=1S/C20H15NO3S/c1-14-6-9-17(10-7-14)25(22,23)24-16-8-11-20-19(12-16)18-5-3-2-4-15(18)13-21-20/h2-13H,1H3. The molecule has 0 unspecified atom stereocenters. The molecule has 1 aromatic heterocycles. The van der Waals surface area contributed by atoms with Crippen LogP contribution in [-0.2, 0) is 10.1 Å². The van der Waals surface area contributed by atoms with Gasteiger partial charge in [0.05, 0.1) is 5.52 Å². The highest BCUT2D eigenvalue weighted by Gasteiger charge is 2.17. The van der Waals surface area contributed by atoms with Crippen molar-refractivity contribution in [2.75, 3.05) is 0 Å². The summed E-state index contributed by atoms with van der Waals surface area (Å²) >= 11 is 0. The van der Waals surface area contributed by atoms with Gasteiger partial charge in [-0.05, 0) is 42.6 Å². The van der Waals surface area contributed by atoms with Crippen LogP contribution >= 0.6 is 0 Å². The smallest absolute Gasteiger partial charge is 0.339 e. The summed E-state index contributed by atoms with van der Waals surface area (Å²) in [5.74, 6) is 0.270. The lowest BCUT2D eigenvalue weighted by Crippen LogP contribution is -2.09. The lowest BCUT2D eigenvalue weighted by Gasteiger charge is -2.09. The van der Waals surface area contributed by atoms with E-state index < -0.39 is 10.1 Å². The summed E-state index contributed by atoms with van der Waals surface area (Å²) in [5.41, 5.74) is 1.78. The van der Waals surface area contributed by atoms with Crippen LogP contribution in [-0.4, -0.2) is 13.4 Å². The molecular formula is C20H15NO3S. The number of fused-ring (bicyclic) bond motifs is 3. The summed E-state index contributed by atoms with van der Waals surface area (Å²) in [6.07, 6.45) is 1.81. The topological polar surface area (TPSA) is 56.3 Å². The van der Waals surface area contributed by atoms with Crippen molar-refractivity contribution in [1.82, 2.24) is 4.98 Å². The monoisotopic (exact) mass is 349 g/mol. The molecule has 0 saturated heterocycles. The fourth-order valence-corrected chi connectivity index (χ4v) is 3.69. The third kappa shape index (κ3) is 2.94. The highest BCUT2D eigenvalue weighted by molar-refractivity contribution is 7.87. The summed E-state index contributed by atoms with van der Waals surface area (Å²) in [5, 5.41) is 2.86. The molecule has 5 heteroatoms. The Morgan fingerprint density at radius 2 is 1.64 bits per heavy atom. The molecular weight excluding hydrogens is 334 g/mol. The van der Waals surface area contributed by atoms with Crippen molar-refractivity contribution in [3.63, 3.8) is 0 Å². The van der Waals surface area contributed by atoms with E-state index in [4.69, 9.17) is 4.18 Å². The summed E-state index contributed by atoms with van der Waals surface area (Å²) < 4.78 is 30.3. The Kier molecular flexibility index (Phi) is 3.66. The molecule has 0 atom stereocenters. The zero-order valence-corrected chi connectivity index (χ0v) is 14.3. The first-order valence-electron chi connectivity index (χ1n) is 7.82. The Morgan fingerprint density at radius 1 is 0.880 bits per heavy atom. The van der Waals surface area contributed by atoms with Crippen molar-refractivity contribution in [3.05, 3.63) is 78.5 Å². The first-order chi connectivity index (χ1) is 12.0. The van der Waals surface area contributed by atoms with Gasteiger partial charge in [-0.3, -0.25) is 4.98 Å². The van der Waals surface area contributed by atoms with Gasteiger partial charge in [-0.15, -0.1) is 0 Å². The van der Waals surface area contributed by atoms with Gasteiger partial charge in [-0.2, -0.15) is 8.42 Å². The van der Waals surface area contributed by atoms with E-state index in [0.29, 0.717) is 0 Å². The van der Waals surface area contributed by atoms with Crippen LogP contribution in [0.2, 0.25) is 0 Å². The quantitative estimate of drug-likeness (QED) is 0.405. The summed E-state index contributed by atoms with van der Waals surface area (Å²) in [7, 11) is -3.87. The molecule has 4 nitrogen and oxygen atoms in total. The number of aryl methyl sites for hydroxylation is 1. The molecule has 124 valence electrons. The number of pyridine rings is 1. The molecule has 0 bridgehead atoms. The molecule has 0 aliphatic carbocycles. The Bertz CT molecular complexity index is 1180. The number of nitrogens with zero attached hydrogens (tertiary/aromatic N) is 1. The molecule has 0 amide bonds. The number of rotatable bonds is 3.